The summed E-state index contributed by atoms with van der Waals surface area (Å²) in [5.74, 6) is -1.44. The van der Waals surface area contributed by atoms with E-state index in [1.54, 1.807) is 11.3 Å². The Morgan fingerprint density at radius 3 is 2.62 bits per heavy atom. The lowest BCUT2D eigenvalue weighted by atomic mass is 10.2. The van der Waals surface area contributed by atoms with E-state index in [1.165, 1.54) is 12.1 Å². The van der Waals surface area contributed by atoms with Crippen molar-refractivity contribution in [2.75, 3.05) is 5.32 Å². The van der Waals surface area contributed by atoms with Gasteiger partial charge in [0.1, 0.15) is 5.75 Å². The molecule has 0 radical (unpaired) electrons. The van der Waals surface area contributed by atoms with E-state index < -0.39 is 12.0 Å². The van der Waals surface area contributed by atoms with Crippen molar-refractivity contribution in [3.63, 3.8) is 0 Å². The van der Waals surface area contributed by atoms with Gasteiger partial charge < -0.3 is 20.8 Å². The minimum absolute atomic E-state index is 0.0487. The largest absolute Gasteiger partial charge is 0.506 e. The maximum Gasteiger partial charge on any atom is 0.335 e. The van der Waals surface area contributed by atoms with Crippen molar-refractivity contribution in [3.05, 3.63) is 45.6 Å². The standard InChI is InChI=1S/C14H14N2O4S/c1-8-6-21-7-10(8)5-15-14(20)16-11-3-2-9(13(18)19)4-12(11)17/h2-4,6-7,17H,5H2,1H3,(H,18,19)(H2,15,16,20). The summed E-state index contributed by atoms with van der Waals surface area (Å²) in [4.78, 5) is 22.5. The van der Waals surface area contributed by atoms with Crippen LogP contribution in [0, 0.1) is 6.92 Å². The fraction of sp³-hybridized carbons (Fsp3) is 0.143. The molecule has 21 heavy (non-hydrogen) atoms. The minimum Gasteiger partial charge on any atom is -0.506 e. The number of carboxylic acids is 1. The molecule has 0 aliphatic carbocycles. The number of amides is 2. The van der Waals surface area contributed by atoms with E-state index in [4.69, 9.17) is 5.11 Å². The van der Waals surface area contributed by atoms with Crippen molar-refractivity contribution in [1.82, 2.24) is 5.32 Å². The van der Waals surface area contributed by atoms with Gasteiger partial charge >= 0.3 is 12.0 Å². The molecule has 2 rings (SSSR count). The number of thiophene rings is 1. The molecule has 0 aliphatic rings. The van der Waals surface area contributed by atoms with Crippen LogP contribution >= 0.6 is 11.3 Å². The van der Waals surface area contributed by atoms with Gasteiger partial charge in [0, 0.05) is 6.54 Å². The van der Waals surface area contributed by atoms with E-state index >= 15 is 0 Å². The number of hydrogen-bond acceptors (Lipinski definition) is 4. The van der Waals surface area contributed by atoms with Crippen molar-refractivity contribution in [2.45, 2.75) is 13.5 Å². The predicted octanol–water partition coefficient (Wildman–Crippen LogP) is 2.78. The van der Waals surface area contributed by atoms with Crippen LogP contribution in [0.2, 0.25) is 0 Å². The SMILES string of the molecule is Cc1cscc1CNC(=O)Nc1ccc(C(=O)O)cc1O. The van der Waals surface area contributed by atoms with Crippen LogP contribution in [0.4, 0.5) is 10.5 Å². The summed E-state index contributed by atoms with van der Waals surface area (Å²) in [6, 6.07) is 3.26. The molecule has 0 aliphatic heterocycles. The van der Waals surface area contributed by atoms with Crippen LogP contribution in [0.5, 0.6) is 5.75 Å². The third-order valence-electron chi connectivity index (χ3n) is 2.89. The molecule has 4 N–H and O–H groups in total. The second-order valence-electron chi connectivity index (χ2n) is 4.42. The van der Waals surface area contributed by atoms with Crippen LogP contribution in [-0.4, -0.2) is 22.2 Å². The van der Waals surface area contributed by atoms with E-state index in [0.717, 1.165) is 17.2 Å². The molecule has 2 amide bonds. The molecule has 0 fully saturated rings. The molecule has 6 nitrogen and oxygen atoms in total. The van der Waals surface area contributed by atoms with Gasteiger partial charge in [-0.05, 0) is 47.0 Å². The monoisotopic (exact) mass is 306 g/mol. The van der Waals surface area contributed by atoms with Crippen LogP contribution in [0.25, 0.3) is 0 Å². The molecular formula is C14H14N2O4S. The number of carbonyl (C=O) groups is 2. The number of carbonyl (C=O) groups excluding carboxylic acids is 1. The van der Waals surface area contributed by atoms with Crippen molar-refractivity contribution in [2.24, 2.45) is 0 Å². The lowest BCUT2D eigenvalue weighted by molar-refractivity contribution is 0.0696. The second-order valence-corrected chi connectivity index (χ2v) is 5.17. The highest BCUT2D eigenvalue weighted by atomic mass is 32.1. The van der Waals surface area contributed by atoms with Crippen LogP contribution in [0.3, 0.4) is 0 Å². The summed E-state index contributed by atoms with van der Waals surface area (Å²) >= 11 is 1.56. The van der Waals surface area contributed by atoms with Crippen molar-refractivity contribution in [3.8, 4) is 5.75 Å². The van der Waals surface area contributed by atoms with Gasteiger partial charge in [0.25, 0.3) is 0 Å². The minimum atomic E-state index is -1.14. The Hall–Kier alpha value is -2.54. The maximum absolute atomic E-state index is 11.7. The second kappa shape index (κ2) is 6.27. The fourth-order valence-electron chi connectivity index (χ4n) is 1.68. The lowest BCUT2D eigenvalue weighted by Gasteiger charge is -2.09. The molecule has 1 heterocycles. The number of aryl methyl sites for hydroxylation is 1. The molecule has 0 bridgehead atoms. The zero-order valence-corrected chi connectivity index (χ0v) is 12.0. The lowest BCUT2D eigenvalue weighted by Crippen LogP contribution is -2.28. The number of aromatic carboxylic acids is 1. The first kappa shape index (κ1) is 14.9. The van der Waals surface area contributed by atoms with Gasteiger partial charge in [-0.25, -0.2) is 9.59 Å². The number of phenols is 1. The quantitative estimate of drug-likeness (QED) is 0.653. The van der Waals surface area contributed by atoms with E-state index in [1.807, 2.05) is 17.7 Å². The smallest absolute Gasteiger partial charge is 0.335 e. The molecule has 1 aromatic carbocycles. The summed E-state index contributed by atoms with van der Waals surface area (Å²) in [6.07, 6.45) is 0. The fourth-order valence-corrected chi connectivity index (χ4v) is 2.54. The van der Waals surface area contributed by atoms with Gasteiger partial charge in [0.05, 0.1) is 11.3 Å². The Morgan fingerprint density at radius 2 is 2.05 bits per heavy atom. The maximum atomic E-state index is 11.7. The third-order valence-corrected chi connectivity index (χ3v) is 3.80. The van der Waals surface area contributed by atoms with Gasteiger partial charge in [-0.3, -0.25) is 0 Å². The highest BCUT2D eigenvalue weighted by Gasteiger charge is 2.10. The van der Waals surface area contributed by atoms with Gasteiger partial charge in [-0.15, -0.1) is 0 Å². The van der Waals surface area contributed by atoms with E-state index in [-0.39, 0.29) is 17.0 Å². The number of nitrogens with one attached hydrogen (secondary N) is 2. The first-order chi connectivity index (χ1) is 9.97. The number of hydrogen-bond donors (Lipinski definition) is 4. The van der Waals surface area contributed by atoms with E-state index in [2.05, 4.69) is 10.6 Å². The zero-order chi connectivity index (χ0) is 15.4. The number of aromatic hydroxyl groups is 1. The molecular weight excluding hydrogens is 292 g/mol. The molecule has 0 saturated heterocycles. The van der Waals surface area contributed by atoms with Crippen LogP contribution < -0.4 is 10.6 Å². The number of carboxylic acid groups (broad SMARTS) is 1. The first-order valence-corrected chi connectivity index (χ1v) is 7.04. The summed E-state index contributed by atoms with van der Waals surface area (Å²) in [6.45, 7) is 2.34. The first-order valence-electron chi connectivity index (χ1n) is 6.10. The number of benzene rings is 1. The topological polar surface area (TPSA) is 98.7 Å². The van der Waals surface area contributed by atoms with Crippen molar-refractivity contribution in [1.29, 1.82) is 0 Å². The zero-order valence-electron chi connectivity index (χ0n) is 11.2. The van der Waals surface area contributed by atoms with Crippen LogP contribution in [0.15, 0.2) is 29.0 Å². The Morgan fingerprint density at radius 1 is 1.29 bits per heavy atom. The Balaban J connectivity index is 1.96. The highest BCUT2D eigenvalue weighted by Crippen LogP contribution is 2.24. The highest BCUT2D eigenvalue weighted by molar-refractivity contribution is 7.08. The Bertz CT molecular complexity index is 681. The molecule has 2 aromatic rings. The van der Waals surface area contributed by atoms with Gasteiger partial charge in [-0.2, -0.15) is 11.3 Å². The summed E-state index contributed by atoms with van der Waals surface area (Å²) in [7, 11) is 0. The summed E-state index contributed by atoms with van der Waals surface area (Å²) in [5, 5.41) is 27.6. The van der Waals surface area contributed by atoms with Gasteiger partial charge in [-0.1, -0.05) is 0 Å². The van der Waals surface area contributed by atoms with Crippen LogP contribution in [0.1, 0.15) is 21.5 Å². The summed E-state index contributed by atoms with van der Waals surface area (Å²) < 4.78 is 0. The van der Waals surface area contributed by atoms with E-state index in [0.29, 0.717) is 6.54 Å². The Labute approximate surface area is 125 Å². The average molecular weight is 306 g/mol. The molecule has 110 valence electrons. The molecule has 7 heteroatoms. The molecule has 0 spiro atoms. The summed E-state index contributed by atoms with van der Waals surface area (Å²) in [5.41, 5.74) is 2.24. The van der Waals surface area contributed by atoms with Crippen molar-refractivity contribution >= 4 is 29.0 Å². The molecule has 1 aromatic heterocycles. The number of anilines is 1. The van der Waals surface area contributed by atoms with Gasteiger partial charge in [0.15, 0.2) is 0 Å². The number of phenolic OH excluding ortho intramolecular Hbond substituents is 1. The van der Waals surface area contributed by atoms with Gasteiger partial charge in [0.2, 0.25) is 0 Å². The molecule has 0 unspecified atom stereocenters. The number of rotatable bonds is 4. The van der Waals surface area contributed by atoms with Crippen LogP contribution in [-0.2, 0) is 6.54 Å². The predicted molar refractivity (Wildman–Crippen MR) is 80.0 cm³/mol. The molecule has 0 atom stereocenters. The normalized spacial score (nSPS) is 10.1. The average Bonchev–Trinajstić information content (AvgIpc) is 2.84. The van der Waals surface area contributed by atoms with E-state index in [9.17, 15) is 14.7 Å². The molecule has 0 saturated carbocycles. The number of urea groups is 1. The Kier molecular flexibility index (Phi) is 4.44. The third kappa shape index (κ3) is 3.73. The van der Waals surface area contributed by atoms with Crippen molar-refractivity contribution < 1.29 is 19.8 Å².